The van der Waals surface area contributed by atoms with Gasteiger partial charge in [-0.15, -0.1) is 0 Å². The van der Waals surface area contributed by atoms with E-state index in [1.54, 1.807) is 6.20 Å². The first-order valence-corrected chi connectivity index (χ1v) is 6.95. The molecule has 1 amide bonds. The van der Waals surface area contributed by atoms with Crippen molar-refractivity contribution >= 4 is 5.91 Å². The van der Waals surface area contributed by atoms with Crippen molar-refractivity contribution in [2.45, 2.75) is 32.7 Å². The molecule has 0 unspecified atom stereocenters. The van der Waals surface area contributed by atoms with Gasteiger partial charge in [0, 0.05) is 38.6 Å². The number of hydrogen-bond donors (Lipinski definition) is 1. The van der Waals surface area contributed by atoms with Crippen LogP contribution in [0.5, 0.6) is 0 Å². The van der Waals surface area contributed by atoms with Gasteiger partial charge in [0.05, 0.1) is 6.04 Å². The van der Waals surface area contributed by atoms with E-state index in [1.165, 1.54) is 0 Å². The van der Waals surface area contributed by atoms with E-state index >= 15 is 0 Å². The molecule has 1 fully saturated rings. The molecule has 0 bridgehead atoms. The molecule has 2 heterocycles. The van der Waals surface area contributed by atoms with Gasteiger partial charge in [-0.05, 0) is 18.8 Å². The molecule has 1 atom stereocenters. The summed E-state index contributed by atoms with van der Waals surface area (Å²) in [6.45, 7) is 5.36. The molecule has 1 N–H and O–H groups in total. The molecule has 0 radical (unpaired) electrons. The van der Waals surface area contributed by atoms with Gasteiger partial charge in [0.1, 0.15) is 5.82 Å². The fourth-order valence-corrected chi connectivity index (χ4v) is 2.44. The number of nitrogens with one attached hydrogen (secondary N) is 1. The first-order chi connectivity index (χ1) is 9.09. The Kier molecular flexibility index (Phi) is 4.58. The molecule has 0 aliphatic carbocycles. The largest absolute Gasteiger partial charge is 0.381 e. The fraction of sp³-hybridized carbons (Fsp3) is 0.714. The van der Waals surface area contributed by atoms with E-state index in [-0.39, 0.29) is 17.9 Å². The first kappa shape index (κ1) is 14.1. The van der Waals surface area contributed by atoms with Crippen LogP contribution in [-0.4, -0.2) is 28.7 Å². The van der Waals surface area contributed by atoms with Crippen molar-refractivity contribution in [2.24, 2.45) is 18.9 Å². The minimum Gasteiger partial charge on any atom is -0.381 e. The zero-order valence-electron chi connectivity index (χ0n) is 11.9. The number of amides is 1. The van der Waals surface area contributed by atoms with E-state index in [4.69, 9.17) is 4.74 Å². The molecular formula is C14H23N3O2. The second-order valence-corrected chi connectivity index (χ2v) is 5.49. The SMILES string of the molecule is CC(C)C(=O)N[C@H](c1nccn1C)C1CCOCC1. The summed E-state index contributed by atoms with van der Waals surface area (Å²) < 4.78 is 7.40. The maximum absolute atomic E-state index is 12.0. The zero-order chi connectivity index (χ0) is 13.8. The highest BCUT2D eigenvalue weighted by molar-refractivity contribution is 5.78. The summed E-state index contributed by atoms with van der Waals surface area (Å²) >= 11 is 0. The Labute approximate surface area is 114 Å². The summed E-state index contributed by atoms with van der Waals surface area (Å²) in [4.78, 5) is 16.4. The van der Waals surface area contributed by atoms with Crippen LogP contribution >= 0.6 is 0 Å². The number of carbonyl (C=O) groups is 1. The minimum absolute atomic E-state index is 0.0115. The number of nitrogens with zero attached hydrogens (tertiary/aromatic N) is 2. The monoisotopic (exact) mass is 265 g/mol. The van der Waals surface area contributed by atoms with Gasteiger partial charge in [-0.1, -0.05) is 13.8 Å². The Morgan fingerprint density at radius 2 is 2.16 bits per heavy atom. The molecule has 0 aromatic carbocycles. The molecule has 1 aromatic rings. The van der Waals surface area contributed by atoms with Gasteiger partial charge in [0.25, 0.3) is 0 Å². The minimum atomic E-state index is -0.0150. The normalized spacial score (nSPS) is 18.5. The van der Waals surface area contributed by atoms with Crippen molar-refractivity contribution in [3.8, 4) is 0 Å². The van der Waals surface area contributed by atoms with Crippen LogP contribution in [0.25, 0.3) is 0 Å². The quantitative estimate of drug-likeness (QED) is 0.900. The third-order valence-electron chi connectivity index (χ3n) is 3.70. The summed E-state index contributed by atoms with van der Waals surface area (Å²) in [7, 11) is 1.97. The highest BCUT2D eigenvalue weighted by Crippen LogP contribution is 2.29. The number of aryl methyl sites for hydroxylation is 1. The van der Waals surface area contributed by atoms with Crippen molar-refractivity contribution in [3.63, 3.8) is 0 Å². The van der Waals surface area contributed by atoms with Crippen LogP contribution in [0.1, 0.15) is 38.6 Å². The van der Waals surface area contributed by atoms with Crippen LogP contribution in [-0.2, 0) is 16.6 Å². The van der Waals surface area contributed by atoms with Crippen LogP contribution in [0.2, 0.25) is 0 Å². The summed E-state index contributed by atoms with van der Waals surface area (Å²) in [6.07, 6.45) is 5.64. The molecule has 5 nitrogen and oxygen atoms in total. The fourth-order valence-electron chi connectivity index (χ4n) is 2.44. The second kappa shape index (κ2) is 6.19. The predicted molar refractivity (Wildman–Crippen MR) is 72.5 cm³/mol. The average molecular weight is 265 g/mol. The maximum Gasteiger partial charge on any atom is 0.223 e. The van der Waals surface area contributed by atoms with E-state index in [2.05, 4.69) is 10.3 Å². The zero-order valence-corrected chi connectivity index (χ0v) is 11.9. The molecule has 5 heteroatoms. The Morgan fingerprint density at radius 3 is 2.68 bits per heavy atom. The molecule has 1 saturated heterocycles. The Morgan fingerprint density at radius 1 is 1.47 bits per heavy atom. The van der Waals surface area contributed by atoms with Crippen LogP contribution in [0.3, 0.4) is 0 Å². The molecule has 1 aliphatic heterocycles. The standard InChI is InChI=1S/C14H23N3O2/c1-10(2)14(18)16-12(11-4-8-19-9-5-11)13-15-6-7-17(13)3/h6-7,10-12H,4-5,8-9H2,1-3H3,(H,16,18)/t12-/m0/s1. The van der Waals surface area contributed by atoms with Crippen LogP contribution in [0.15, 0.2) is 12.4 Å². The molecule has 0 spiro atoms. The maximum atomic E-state index is 12.0. The summed E-state index contributed by atoms with van der Waals surface area (Å²) in [5.41, 5.74) is 0. The summed E-state index contributed by atoms with van der Waals surface area (Å²) in [6, 6.07) is -0.0150. The molecule has 106 valence electrons. The van der Waals surface area contributed by atoms with Crippen LogP contribution in [0, 0.1) is 11.8 Å². The number of aromatic nitrogens is 2. The van der Waals surface area contributed by atoms with Gasteiger partial charge in [0.2, 0.25) is 5.91 Å². The lowest BCUT2D eigenvalue weighted by atomic mass is 9.90. The van der Waals surface area contributed by atoms with Crippen molar-refractivity contribution in [2.75, 3.05) is 13.2 Å². The van der Waals surface area contributed by atoms with Crippen molar-refractivity contribution in [3.05, 3.63) is 18.2 Å². The first-order valence-electron chi connectivity index (χ1n) is 6.95. The molecule has 1 aromatic heterocycles. The molecule has 0 saturated carbocycles. The van der Waals surface area contributed by atoms with Gasteiger partial charge < -0.3 is 14.6 Å². The Bertz CT molecular complexity index is 422. The van der Waals surface area contributed by atoms with Crippen LogP contribution < -0.4 is 5.32 Å². The van der Waals surface area contributed by atoms with Gasteiger partial charge >= 0.3 is 0 Å². The Hall–Kier alpha value is -1.36. The highest BCUT2D eigenvalue weighted by Gasteiger charge is 2.29. The van der Waals surface area contributed by atoms with Gasteiger partial charge in [-0.25, -0.2) is 4.98 Å². The molecule has 1 aliphatic rings. The van der Waals surface area contributed by atoms with Gasteiger partial charge in [-0.2, -0.15) is 0 Å². The third kappa shape index (κ3) is 3.35. The third-order valence-corrected chi connectivity index (χ3v) is 3.70. The van der Waals surface area contributed by atoms with Crippen molar-refractivity contribution in [1.29, 1.82) is 0 Å². The van der Waals surface area contributed by atoms with E-state index < -0.39 is 0 Å². The van der Waals surface area contributed by atoms with Gasteiger partial charge in [-0.3, -0.25) is 4.79 Å². The summed E-state index contributed by atoms with van der Waals surface area (Å²) in [5.74, 6) is 1.40. The van der Waals surface area contributed by atoms with Crippen LogP contribution in [0.4, 0.5) is 0 Å². The molecular weight excluding hydrogens is 242 g/mol. The second-order valence-electron chi connectivity index (χ2n) is 5.49. The number of imidazole rings is 1. The number of hydrogen-bond acceptors (Lipinski definition) is 3. The van der Waals surface area contributed by atoms with E-state index in [0.29, 0.717) is 5.92 Å². The number of carbonyl (C=O) groups excluding carboxylic acids is 1. The van der Waals surface area contributed by atoms with E-state index in [1.807, 2.05) is 31.7 Å². The van der Waals surface area contributed by atoms with Crippen molar-refractivity contribution < 1.29 is 9.53 Å². The lowest BCUT2D eigenvalue weighted by molar-refractivity contribution is -0.125. The van der Waals surface area contributed by atoms with Gasteiger partial charge in [0.15, 0.2) is 0 Å². The van der Waals surface area contributed by atoms with Crippen molar-refractivity contribution in [1.82, 2.24) is 14.9 Å². The highest BCUT2D eigenvalue weighted by atomic mass is 16.5. The number of rotatable bonds is 4. The van der Waals surface area contributed by atoms with E-state index in [9.17, 15) is 4.79 Å². The molecule has 19 heavy (non-hydrogen) atoms. The van der Waals surface area contributed by atoms with E-state index in [0.717, 1.165) is 31.9 Å². The topological polar surface area (TPSA) is 56.2 Å². The number of ether oxygens (including phenoxy) is 1. The smallest absolute Gasteiger partial charge is 0.223 e. The predicted octanol–water partition coefficient (Wildman–Crippen LogP) is 1.66. The Balaban J connectivity index is 2.17. The summed E-state index contributed by atoms with van der Waals surface area (Å²) in [5, 5.41) is 3.15. The molecule has 2 rings (SSSR count). The lowest BCUT2D eigenvalue weighted by Gasteiger charge is -2.31. The average Bonchev–Trinajstić information content (AvgIpc) is 2.82. The lowest BCUT2D eigenvalue weighted by Crippen LogP contribution is -2.39.